The molecule has 178 valence electrons. The van der Waals surface area contributed by atoms with Gasteiger partial charge in [0.1, 0.15) is 17.5 Å². The molecule has 2 atom stereocenters. The fraction of sp³-hybridized carbons (Fsp3) is 0.381. The molecule has 0 aliphatic carbocycles. The SMILES string of the molecule is Cc1ccc(F)c([C@@H](C)[C@H](NS(=O)(=O)c2ccc(Cl)c(C(C)(C)O)n2)c2n[nH]c(=O)o2)c1C. The molecule has 0 fully saturated rings. The van der Waals surface area contributed by atoms with Crippen LogP contribution in [-0.2, 0) is 15.6 Å². The fourth-order valence-electron chi connectivity index (χ4n) is 3.50. The number of hydrogen-bond donors (Lipinski definition) is 3. The zero-order chi connectivity index (χ0) is 24.7. The molecule has 2 aromatic heterocycles. The van der Waals surface area contributed by atoms with Gasteiger partial charge in [-0.15, -0.1) is 5.10 Å². The Labute approximate surface area is 195 Å². The number of aryl methyl sites for hydroxylation is 1. The Morgan fingerprint density at radius 3 is 2.48 bits per heavy atom. The first-order valence-corrected chi connectivity index (χ1v) is 11.8. The standard InChI is InChI=1S/C21H24ClFN4O5S/c1-10-6-8-14(23)16(11(10)2)12(3)17(19-25-26-20(28)32-19)27-33(30,31)15-9-7-13(22)18(24-15)21(4,5)29/h6-9,12,17,27,29H,1-5H3,(H,26,28)/t12-,17+/m1/s1. The molecule has 1 aromatic carbocycles. The number of benzene rings is 1. The van der Waals surface area contributed by atoms with Gasteiger partial charge in [0.15, 0.2) is 5.03 Å². The van der Waals surface area contributed by atoms with Gasteiger partial charge in [0, 0.05) is 5.92 Å². The number of pyridine rings is 1. The number of nitrogens with zero attached hydrogens (tertiary/aromatic N) is 2. The van der Waals surface area contributed by atoms with E-state index in [1.54, 1.807) is 26.8 Å². The van der Waals surface area contributed by atoms with Crippen molar-refractivity contribution >= 4 is 21.6 Å². The van der Waals surface area contributed by atoms with Gasteiger partial charge in [-0.3, -0.25) is 0 Å². The Kier molecular flexibility index (Phi) is 6.81. The Hall–Kier alpha value is -2.60. The summed E-state index contributed by atoms with van der Waals surface area (Å²) < 4.78 is 48.7. The number of sulfonamides is 1. The van der Waals surface area contributed by atoms with Gasteiger partial charge in [-0.1, -0.05) is 24.6 Å². The van der Waals surface area contributed by atoms with Crippen LogP contribution >= 0.6 is 11.6 Å². The number of rotatable bonds is 7. The summed E-state index contributed by atoms with van der Waals surface area (Å²) >= 11 is 6.07. The van der Waals surface area contributed by atoms with Crippen LogP contribution < -0.4 is 10.5 Å². The van der Waals surface area contributed by atoms with Crippen molar-refractivity contribution < 1.29 is 22.3 Å². The molecule has 9 nitrogen and oxygen atoms in total. The lowest BCUT2D eigenvalue weighted by atomic mass is 9.88. The molecule has 0 spiro atoms. The second kappa shape index (κ2) is 8.98. The van der Waals surface area contributed by atoms with Crippen molar-refractivity contribution in [1.29, 1.82) is 0 Å². The lowest BCUT2D eigenvalue weighted by molar-refractivity contribution is 0.0733. The Balaban J connectivity index is 2.11. The topological polar surface area (TPSA) is 138 Å². The largest absolute Gasteiger partial charge is 0.434 e. The maximum Gasteiger partial charge on any atom is 0.434 e. The number of aromatic nitrogens is 3. The lowest BCUT2D eigenvalue weighted by Crippen LogP contribution is -2.34. The molecule has 0 unspecified atom stereocenters. The van der Waals surface area contributed by atoms with E-state index >= 15 is 0 Å². The Bertz CT molecular complexity index is 1350. The fourth-order valence-corrected chi connectivity index (χ4v) is 5.06. The zero-order valence-corrected chi connectivity index (χ0v) is 20.2. The second-order valence-corrected chi connectivity index (χ2v) is 10.3. The number of nitrogens with one attached hydrogen (secondary N) is 2. The van der Waals surface area contributed by atoms with Gasteiger partial charge in [-0.25, -0.2) is 27.7 Å². The minimum absolute atomic E-state index is 0.0384. The molecule has 0 aliphatic heterocycles. The smallest absolute Gasteiger partial charge is 0.391 e. The summed E-state index contributed by atoms with van der Waals surface area (Å²) in [4.78, 5) is 15.6. The van der Waals surface area contributed by atoms with Crippen LogP contribution in [0.2, 0.25) is 5.02 Å². The molecule has 3 rings (SSSR count). The summed E-state index contributed by atoms with van der Waals surface area (Å²) in [5.74, 6) is -2.53. The van der Waals surface area contributed by atoms with Gasteiger partial charge in [-0.2, -0.15) is 4.72 Å². The number of halogens is 2. The normalized spacial score (nSPS) is 14.3. The van der Waals surface area contributed by atoms with E-state index in [-0.39, 0.29) is 22.2 Å². The van der Waals surface area contributed by atoms with Gasteiger partial charge >= 0.3 is 5.76 Å². The number of hydrogen-bond acceptors (Lipinski definition) is 7. The quantitative estimate of drug-likeness (QED) is 0.454. The predicted molar refractivity (Wildman–Crippen MR) is 119 cm³/mol. The Morgan fingerprint density at radius 1 is 1.24 bits per heavy atom. The van der Waals surface area contributed by atoms with Crippen LogP contribution in [0.4, 0.5) is 4.39 Å². The highest BCUT2D eigenvalue weighted by molar-refractivity contribution is 7.89. The summed E-state index contributed by atoms with van der Waals surface area (Å²) in [6, 6.07) is 4.11. The van der Waals surface area contributed by atoms with E-state index in [9.17, 15) is 22.7 Å². The van der Waals surface area contributed by atoms with Crippen molar-refractivity contribution in [3.05, 3.63) is 73.9 Å². The second-order valence-electron chi connectivity index (χ2n) is 8.28. The highest BCUT2D eigenvalue weighted by Gasteiger charge is 2.34. The summed E-state index contributed by atoms with van der Waals surface area (Å²) in [6.45, 7) is 7.93. The first-order chi connectivity index (χ1) is 15.2. The third kappa shape index (κ3) is 5.16. The van der Waals surface area contributed by atoms with Crippen LogP contribution in [0, 0.1) is 19.7 Å². The highest BCUT2D eigenvalue weighted by atomic mass is 35.5. The van der Waals surface area contributed by atoms with Crippen molar-refractivity contribution in [3.8, 4) is 0 Å². The minimum atomic E-state index is -4.36. The average Bonchev–Trinajstić information content (AvgIpc) is 3.14. The molecule has 12 heteroatoms. The van der Waals surface area contributed by atoms with Crippen molar-refractivity contribution in [2.24, 2.45) is 0 Å². The molecule has 0 bridgehead atoms. The minimum Gasteiger partial charge on any atom is -0.391 e. The lowest BCUT2D eigenvalue weighted by Gasteiger charge is -2.25. The summed E-state index contributed by atoms with van der Waals surface area (Å²) in [7, 11) is -4.36. The molecule has 0 saturated heterocycles. The van der Waals surface area contributed by atoms with Crippen LogP contribution in [0.25, 0.3) is 0 Å². The van der Waals surface area contributed by atoms with Gasteiger partial charge in [0.25, 0.3) is 10.0 Å². The van der Waals surface area contributed by atoms with Crippen molar-refractivity contribution in [1.82, 2.24) is 19.9 Å². The van der Waals surface area contributed by atoms with Crippen LogP contribution in [0.3, 0.4) is 0 Å². The van der Waals surface area contributed by atoms with Crippen molar-refractivity contribution in [2.45, 2.75) is 57.2 Å². The van der Waals surface area contributed by atoms with Crippen molar-refractivity contribution in [2.75, 3.05) is 0 Å². The molecular formula is C21H24ClFN4O5S. The van der Waals surface area contributed by atoms with Crippen molar-refractivity contribution in [3.63, 3.8) is 0 Å². The van der Waals surface area contributed by atoms with E-state index in [1.807, 2.05) is 0 Å². The van der Waals surface area contributed by atoms with E-state index < -0.39 is 44.2 Å². The van der Waals surface area contributed by atoms with Crippen LogP contribution in [0.1, 0.15) is 61.0 Å². The van der Waals surface area contributed by atoms with E-state index in [2.05, 4.69) is 19.9 Å². The molecule has 2 heterocycles. The Morgan fingerprint density at radius 2 is 1.91 bits per heavy atom. The van der Waals surface area contributed by atoms with Crippen LogP contribution in [0.5, 0.6) is 0 Å². The number of aliphatic hydroxyl groups is 1. The molecular weight excluding hydrogens is 475 g/mol. The molecule has 3 N–H and O–H groups in total. The number of aromatic amines is 1. The first-order valence-electron chi connectivity index (χ1n) is 9.95. The molecule has 33 heavy (non-hydrogen) atoms. The zero-order valence-electron chi connectivity index (χ0n) is 18.6. The summed E-state index contributed by atoms with van der Waals surface area (Å²) in [5.41, 5.74) is 0.126. The molecule has 0 radical (unpaired) electrons. The van der Waals surface area contributed by atoms with Gasteiger partial charge in [0.2, 0.25) is 5.89 Å². The molecule has 0 amide bonds. The van der Waals surface area contributed by atoms with E-state index in [0.29, 0.717) is 5.56 Å². The highest BCUT2D eigenvalue weighted by Crippen LogP contribution is 2.35. The first kappa shape index (κ1) is 25.0. The third-order valence-corrected chi connectivity index (χ3v) is 7.01. The van der Waals surface area contributed by atoms with E-state index in [1.165, 1.54) is 32.0 Å². The molecule has 0 aliphatic rings. The summed E-state index contributed by atoms with van der Waals surface area (Å²) in [5, 5.41) is 15.8. The maximum atomic E-state index is 14.8. The van der Waals surface area contributed by atoms with E-state index in [0.717, 1.165) is 5.56 Å². The summed E-state index contributed by atoms with van der Waals surface area (Å²) in [6.07, 6.45) is 0. The number of H-pyrrole nitrogens is 1. The van der Waals surface area contributed by atoms with Gasteiger partial charge in [0.05, 0.1) is 10.7 Å². The van der Waals surface area contributed by atoms with Crippen LogP contribution in [-0.4, -0.2) is 28.7 Å². The van der Waals surface area contributed by atoms with Gasteiger partial charge in [-0.05, 0) is 62.6 Å². The molecule has 3 aromatic rings. The van der Waals surface area contributed by atoms with E-state index in [4.69, 9.17) is 16.0 Å². The maximum absolute atomic E-state index is 14.8. The van der Waals surface area contributed by atoms with Gasteiger partial charge < -0.3 is 9.52 Å². The third-order valence-electron chi connectivity index (χ3n) is 5.37. The monoisotopic (exact) mass is 498 g/mol. The average molecular weight is 499 g/mol. The molecule has 0 saturated carbocycles. The van der Waals surface area contributed by atoms with Crippen LogP contribution in [0.15, 0.2) is 38.5 Å². The predicted octanol–water partition coefficient (Wildman–Crippen LogP) is 3.22.